The zero-order valence-corrected chi connectivity index (χ0v) is 16.2. The van der Waals surface area contributed by atoms with Gasteiger partial charge in [-0.2, -0.15) is 5.26 Å². The van der Waals surface area contributed by atoms with Crippen molar-refractivity contribution in [2.24, 2.45) is 0 Å². The van der Waals surface area contributed by atoms with Crippen molar-refractivity contribution in [2.75, 3.05) is 6.61 Å². The lowest BCUT2D eigenvalue weighted by Gasteiger charge is -2.27. The van der Waals surface area contributed by atoms with Gasteiger partial charge in [0.15, 0.2) is 5.58 Å². The SMILES string of the molecule is CCOC(=O)C(C#N)=C1c2ccccc2CCC1Sc1nc2ccccc2o1. The van der Waals surface area contributed by atoms with E-state index in [0.29, 0.717) is 10.8 Å². The van der Waals surface area contributed by atoms with Crippen LogP contribution in [0.4, 0.5) is 0 Å². The Hall–Kier alpha value is -3.04. The van der Waals surface area contributed by atoms with Crippen LogP contribution in [0.15, 0.2) is 63.7 Å². The summed E-state index contributed by atoms with van der Waals surface area (Å²) in [6.45, 7) is 1.96. The number of rotatable bonds is 4. The predicted octanol–water partition coefficient (Wildman–Crippen LogP) is 4.78. The molecule has 4 rings (SSSR count). The maximum absolute atomic E-state index is 12.5. The molecule has 0 aliphatic heterocycles. The molecule has 5 nitrogen and oxygen atoms in total. The van der Waals surface area contributed by atoms with Crippen LogP contribution < -0.4 is 0 Å². The zero-order valence-electron chi connectivity index (χ0n) is 15.3. The van der Waals surface area contributed by atoms with Gasteiger partial charge in [-0.25, -0.2) is 9.78 Å². The number of carbonyl (C=O) groups excluding carboxylic acids is 1. The number of hydrogen-bond donors (Lipinski definition) is 0. The van der Waals surface area contributed by atoms with E-state index in [2.05, 4.69) is 11.1 Å². The van der Waals surface area contributed by atoms with Crippen molar-refractivity contribution in [1.82, 2.24) is 4.98 Å². The number of fused-ring (bicyclic) bond motifs is 2. The molecule has 0 saturated carbocycles. The van der Waals surface area contributed by atoms with Gasteiger partial charge in [0.25, 0.3) is 5.22 Å². The van der Waals surface area contributed by atoms with Crippen LogP contribution in [0.1, 0.15) is 24.5 Å². The Kier molecular flexibility index (Phi) is 5.18. The molecule has 0 N–H and O–H groups in total. The van der Waals surface area contributed by atoms with Gasteiger partial charge in [0, 0.05) is 5.25 Å². The average molecular weight is 390 g/mol. The lowest BCUT2D eigenvalue weighted by molar-refractivity contribution is -0.137. The Labute approximate surface area is 167 Å². The molecule has 1 aliphatic rings. The highest BCUT2D eigenvalue weighted by Crippen LogP contribution is 2.43. The molecule has 28 heavy (non-hydrogen) atoms. The van der Waals surface area contributed by atoms with E-state index in [1.165, 1.54) is 11.8 Å². The van der Waals surface area contributed by atoms with Gasteiger partial charge in [0.1, 0.15) is 17.2 Å². The molecule has 1 unspecified atom stereocenters. The van der Waals surface area contributed by atoms with Crippen molar-refractivity contribution in [1.29, 1.82) is 5.26 Å². The first kappa shape index (κ1) is 18.3. The number of oxazole rings is 1. The minimum Gasteiger partial charge on any atom is -0.462 e. The van der Waals surface area contributed by atoms with E-state index < -0.39 is 5.97 Å². The summed E-state index contributed by atoms with van der Waals surface area (Å²) in [5, 5.41) is 10.2. The third-order valence-electron chi connectivity index (χ3n) is 4.68. The van der Waals surface area contributed by atoms with Gasteiger partial charge in [0.2, 0.25) is 0 Å². The molecule has 1 heterocycles. The smallest absolute Gasteiger partial charge is 0.349 e. The van der Waals surface area contributed by atoms with Crippen molar-refractivity contribution in [2.45, 2.75) is 30.2 Å². The van der Waals surface area contributed by atoms with Crippen LogP contribution in [0.25, 0.3) is 16.7 Å². The molecule has 0 amide bonds. The number of esters is 1. The Balaban J connectivity index is 1.78. The third-order valence-corrected chi connectivity index (χ3v) is 5.82. The van der Waals surface area contributed by atoms with Crippen LogP contribution in [-0.2, 0) is 16.0 Å². The van der Waals surface area contributed by atoms with E-state index >= 15 is 0 Å². The van der Waals surface area contributed by atoms with Crippen LogP contribution >= 0.6 is 11.8 Å². The Bertz CT molecular complexity index is 1080. The minimum absolute atomic E-state index is 0.0580. The summed E-state index contributed by atoms with van der Waals surface area (Å²) in [6, 6.07) is 17.6. The molecule has 0 radical (unpaired) electrons. The van der Waals surface area contributed by atoms with Crippen LogP contribution in [0, 0.1) is 11.3 Å². The fraction of sp³-hybridized carbons (Fsp3) is 0.227. The quantitative estimate of drug-likeness (QED) is 0.363. The molecule has 6 heteroatoms. The van der Waals surface area contributed by atoms with Crippen molar-refractivity contribution in [3.05, 3.63) is 65.2 Å². The first-order chi connectivity index (χ1) is 13.7. The summed E-state index contributed by atoms with van der Waals surface area (Å²) in [6.07, 6.45) is 1.64. The van der Waals surface area contributed by atoms with E-state index in [-0.39, 0.29) is 17.4 Å². The Morgan fingerprint density at radius 3 is 2.86 bits per heavy atom. The van der Waals surface area contributed by atoms with Gasteiger partial charge in [-0.1, -0.05) is 48.2 Å². The number of nitrogens with zero attached hydrogens (tertiary/aromatic N) is 2. The monoisotopic (exact) mass is 390 g/mol. The van der Waals surface area contributed by atoms with Crippen LogP contribution in [0.2, 0.25) is 0 Å². The van der Waals surface area contributed by atoms with Gasteiger partial charge in [-0.15, -0.1) is 0 Å². The number of thioether (sulfide) groups is 1. The number of para-hydroxylation sites is 2. The van der Waals surface area contributed by atoms with E-state index in [1.54, 1.807) is 6.92 Å². The first-order valence-corrected chi connectivity index (χ1v) is 10.0. The molecular formula is C22H18N2O3S. The van der Waals surface area contributed by atoms with Gasteiger partial charge >= 0.3 is 5.97 Å². The first-order valence-electron chi connectivity index (χ1n) is 9.13. The predicted molar refractivity (Wildman–Crippen MR) is 108 cm³/mol. The fourth-order valence-electron chi connectivity index (χ4n) is 3.46. The van der Waals surface area contributed by atoms with E-state index in [4.69, 9.17) is 9.15 Å². The van der Waals surface area contributed by atoms with Crippen LogP contribution in [0.5, 0.6) is 0 Å². The molecule has 1 aliphatic carbocycles. The van der Waals surface area contributed by atoms with Crippen molar-refractivity contribution >= 4 is 34.4 Å². The van der Waals surface area contributed by atoms with Crippen molar-refractivity contribution in [3.63, 3.8) is 0 Å². The number of ether oxygens (including phenoxy) is 1. The maximum Gasteiger partial charge on any atom is 0.349 e. The number of hydrogen-bond acceptors (Lipinski definition) is 6. The van der Waals surface area contributed by atoms with Gasteiger partial charge < -0.3 is 9.15 Å². The topological polar surface area (TPSA) is 76.1 Å². The summed E-state index contributed by atoms with van der Waals surface area (Å²) >= 11 is 1.45. The van der Waals surface area contributed by atoms with Crippen molar-refractivity contribution < 1.29 is 13.9 Å². The van der Waals surface area contributed by atoms with Crippen LogP contribution in [-0.4, -0.2) is 22.8 Å². The summed E-state index contributed by atoms with van der Waals surface area (Å²) in [7, 11) is 0. The second kappa shape index (κ2) is 7.91. The second-order valence-electron chi connectivity index (χ2n) is 6.37. The molecule has 3 aromatic rings. The molecule has 1 atom stereocenters. The molecule has 0 bridgehead atoms. The average Bonchev–Trinajstić information content (AvgIpc) is 3.12. The summed E-state index contributed by atoms with van der Waals surface area (Å²) < 4.78 is 11.0. The molecule has 0 saturated heterocycles. The van der Waals surface area contributed by atoms with Crippen LogP contribution in [0.3, 0.4) is 0 Å². The number of benzene rings is 2. The zero-order chi connectivity index (χ0) is 19.5. The lowest BCUT2D eigenvalue weighted by atomic mass is 9.84. The molecule has 1 aromatic heterocycles. The lowest BCUT2D eigenvalue weighted by Crippen LogP contribution is -2.20. The second-order valence-corrected chi connectivity index (χ2v) is 7.52. The number of carbonyl (C=O) groups is 1. The highest BCUT2D eigenvalue weighted by atomic mass is 32.2. The standard InChI is InChI=1S/C22H18N2O3S/c1-2-26-21(25)16(13-23)20-15-8-4-3-7-14(15)11-12-19(20)28-22-24-17-9-5-6-10-18(17)27-22/h3-10,19H,2,11-12H2,1H3. The third kappa shape index (κ3) is 3.41. The van der Waals surface area contributed by atoms with Crippen molar-refractivity contribution in [3.8, 4) is 6.07 Å². The summed E-state index contributed by atoms with van der Waals surface area (Å²) in [4.78, 5) is 17.0. The number of nitriles is 1. The van der Waals surface area contributed by atoms with E-state index in [9.17, 15) is 10.1 Å². The Morgan fingerprint density at radius 1 is 1.29 bits per heavy atom. The van der Waals surface area contributed by atoms with Gasteiger partial charge in [-0.05, 0) is 48.6 Å². The normalized spacial score (nSPS) is 17.6. The molecule has 140 valence electrons. The van der Waals surface area contributed by atoms with Gasteiger partial charge in [-0.3, -0.25) is 0 Å². The van der Waals surface area contributed by atoms with E-state index in [0.717, 1.165) is 35.1 Å². The molecular weight excluding hydrogens is 372 g/mol. The minimum atomic E-state index is -0.583. The highest BCUT2D eigenvalue weighted by molar-refractivity contribution is 8.00. The highest BCUT2D eigenvalue weighted by Gasteiger charge is 2.31. The maximum atomic E-state index is 12.5. The Morgan fingerprint density at radius 2 is 2.07 bits per heavy atom. The summed E-state index contributed by atoms with van der Waals surface area (Å²) in [5.41, 5.74) is 4.32. The van der Waals surface area contributed by atoms with E-state index in [1.807, 2.05) is 48.5 Å². The van der Waals surface area contributed by atoms with Gasteiger partial charge in [0.05, 0.1) is 6.61 Å². The fourth-order valence-corrected chi connectivity index (χ4v) is 4.59. The summed E-state index contributed by atoms with van der Waals surface area (Å²) in [5.74, 6) is -0.583. The molecule has 0 fully saturated rings. The molecule has 2 aromatic carbocycles. The number of aromatic nitrogens is 1. The number of aryl methyl sites for hydroxylation is 1. The molecule has 0 spiro atoms. The largest absolute Gasteiger partial charge is 0.462 e.